The van der Waals surface area contributed by atoms with Crippen LogP contribution in [0.2, 0.25) is 15.1 Å². The minimum Gasteiger partial charge on any atom is -0.506 e. The molecule has 2 heterocycles. The van der Waals surface area contributed by atoms with Gasteiger partial charge >= 0.3 is 6.09 Å². The van der Waals surface area contributed by atoms with Crippen LogP contribution < -0.4 is 4.90 Å². The van der Waals surface area contributed by atoms with Gasteiger partial charge in [-0.15, -0.1) is 0 Å². The zero-order valence-corrected chi connectivity index (χ0v) is 17.5. The monoisotopic (exact) mass is 461 g/mol. The van der Waals surface area contributed by atoms with Crippen molar-refractivity contribution >= 4 is 63.2 Å². The summed E-state index contributed by atoms with van der Waals surface area (Å²) in [7, 11) is 0. The van der Waals surface area contributed by atoms with Crippen molar-refractivity contribution in [3.05, 3.63) is 81.7 Å². The largest absolute Gasteiger partial charge is 0.506 e. The SMILES string of the molecule is O=C(O)N(c1c(Cl)cncc1Cl)c1cn(Cc2ccc(Cl)cc2)c2c(O)cccc12. The highest BCUT2D eigenvalue weighted by molar-refractivity contribution is 6.40. The lowest BCUT2D eigenvalue weighted by atomic mass is 10.2. The lowest BCUT2D eigenvalue weighted by Crippen LogP contribution is -2.24. The summed E-state index contributed by atoms with van der Waals surface area (Å²) >= 11 is 18.4. The molecule has 1 amide bonds. The molecule has 0 unspecified atom stereocenters. The van der Waals surface area contributed by atoms with Gasteiger partial charge in [-0.3, -0.25) is 4.98 Å². The van der Waals surface area contributed by atoms with E-state index in [1.165, 1.54) is 12.4 Å². The summed E-state index contributed by atoms with van der Waals surface area (Å²) in [5.74, 6) is 0.0185. The lowest BCUT2D eigenvalue weighted by Gasteiger charge is -2.20. The number of halogens is 3. The molecule has 0 fully saturated rings. The minimum absolute atomic E-state index is 0.0185. The smallest absolute Gasteiger partial charge is 0.416 e. The van der Waals surface area contributed by atoms with Crippen LogP contribution in [-0.4, -0.2) is 25.9 Å². The molecule has 30 heavy (non-hydrogen) atoms. The highest BCUT2D eigenvalue weighted by Gasteiger charge is 2.27. The van der Waals surface area contributed by atoms with E-state index in [9.17, 15) is 15.0 Å². The molecule has 0 aliphatic carbocycles. The first-order chi connectivity index (χ1) is 14.4. The fourth-order valence-corrected chi connectivity index (χ4v) is 4.01. The van der Waals surface area contributed by atoms with E-state index in [2.05, 4.69) is 4.98 Å². The standard InChI is InChI=1S/C21H14Cl3N3O3/c22-13-6-4-12(5-7-13)10-26-11-17(14-2-1-3-18(28)19(14)26)27(21(29)30)20-15(23)8-25-9-16(20)24/h1-9,11,28H,10H2,(H,29,30). The van der Waals surface area contributed by atoms with Crippen LogP contribution in [0, 0.1) is 0 Å². The van der Waals surface area contributed by atoms with Crippen molar-refractivity contribution in [3.63, 3.8) is 0 Å². The van der Waals surface area contributed by atoms with E-state index >= 15 is 0 Å². The summed E-state index contributed by atoms with van der Waals surface area (Å²) in [4.78, 5) is 17.1. The summed E-state index contributed by atoms with van der Waals surface area (Å²) in [6.07, 6.45) is 3.01. The van der Waals surface area contributed by atoms with Crippen molar-refractivity contribution in [2.45, 2.75) is 6.54 Å². The van der Waals surface area contributed by atoms with E-state index < -0.39 is 6.09 Å². The molecule has 0 aliphatic heterocycles. The van der Waals surface area contributed by atoms with Crippen molar-refractivity contribution in [2.24, 2.45) is 0 Å². The number of anilines is 2. The van der Waals surface area contributed by atoms with Gasteiger partial charge in [0.1, 0.15) is 5.75 Å². The Morgan fingerprint density at radius 3 is 2.33 bits per heavy atom. The summed E-state index contributed by atoms with van der Waals surface area (Å²) in [6.45, 7) is 0.385. The zero-order chi connectivity index (χ0) is 21.4. The first kappa shape index (κ1) is 20.3. The van der Waals surface area contributed by atoms with Crippen LogP contribution in [0.15, 0.2) is 61.1 Å². The van der Waals surface area contributed by atoms with Crippen LogP contribution in [0.1, 0.15) is 5.56 Å². The van der Waals surface area contributed by atoms with Gasteiger partial charge in [0.2, 0.25) is 0 Å². The van der Waals surface area contributed by atoms with E-state index in [4.69, 9.17) is 34.8 Å². The number of aromatic hydroxyl groups is 1. The number of rotatable bonds is 4. The van der Waals surface area contributed by atoms with Gasteiger partial charge in [0.15, 0.2) is 0 Å². The highest BCUT2D eigenvalue weighted by Crippen LogP contribution is 2.42. The fourth-order valence-electron chi connectivity index (χ4n) is 3.35. The first-order valence-corrected chi connectivity index (χ1v) is 9.87. The Morgan fingerprint density at radius 2 is 1.70 bits per heavy atom. The third kappa shape index (κ3) is 3.65. The summed E-state index contributed by atoms with van der Waals surface area (Å²) in [6, 6.07) is 12.2. The number of hydrogen-bond acceptors (Lipinski definition) is 3. The Balaban J connectivity index is 1.93. The molecule has 4 rings (SSSR count). The fraction of sp³-hybridized carbons (Fsp3) is 0.0476. The van der Waals surface area contributed by atoms with Crippen LogP contribution in [0.4, 0.5) is 16.2 Å². The number of amides is 1. The number of phenols is 1. The molecular formula is C21H14Cl3N3O3. The van der Waals surface area contributed by atoms with Crippen molar-refractivity contribution in [3.8, 4) is 5.75 Å². The Morgan fingerprint density at radius 1 is 1.03 bits per heavy atom. The Bertz CT molecular complexity index is 1240. The maximum Gasteiger partial charge on any atom is 0.416 e. The number of fused-ring (bicyclic) bond motifs is 1. The third-order valence-electron chi connectivity index (χ3n) is 4.61. The predicted octanol–water partition coefficient (Wildman–Crippen LogP) is 6.57. The number of pyridine rings is 1. The molecule has 0 aliphatic rings. The van der Waals surface area contributed by atoms with E-state index in [1.54, 1.807) is 41.1 Å². The molecule has 6 nitrogen and oxygen atoms in total. The Kier molecular flexibility index (Phi) is 5.47. The molecule has 0 atom stereocenters. The van der Waals surface area contributed by atoms with E-state index in [1.807, 2.05) is 12.1 Å². The number of benzene rings is 2. The maximum absolute atomic E-state index is 12.2. The maximum atomic E-state index is 12.2. The van der Waals surface area contributed by atoms with Crippen LogP contribution >= 0.6 is 34.8 Å². The second-order valence-corrected chi connectivity index (χ2v) is 7.76. The Hall–Kier alpha value is -2.93. The van der Waals surface area contributed by atoms with Gasteiger partial charge in [-0.05, 0) is 23.8 Å². The van der Waals surface area contributed by atoms with Crippen molar-refractivity contribution < 1.29 is 15.0 Å². The van der Waals surface area contributed by atoms with Crippen LogP contribution in [-0.2, 0) is 6.54 Å². The predicted molar refractivity (Wildman–Crippen MR) is 119 cm³/mol. The van der Waals surface area contributed by atoms with E-state index in [0.29, 0.717) is 28.2 Å². The summed E-state index contributed by atoms with van der Waals surface area (Å²) < 4.78 is 1.77. The van der Waals surface area contributed by atoms with Crippen molar-refractivity contribution in [2.75, 3.05) is 4.90 Å². The highest BCUT2D eigenvalue weighted by atomic mass is 35.5. The van der Waals surface area contributed by atoms with E-state index in [-0.39, 0.29) is 21.5 Å². The molecular weight excluding hydrogens is 449 g/mol. The van der Waals surface area contributed by atoms with Crippen LogP contribution in [0.3, 0.4) is 0 Å². The van der Waals surface area contributed by atoms with E-state index in [0.717, 1.165) is 10.5 Å². The van der Waals surface area contributed by atoms with Gasteiger partial charge in [-0.2, -0.15) is 0 Å². The van der Waals surface area contributed by atoms with Gasteiger partial charge in [0, 0.05) is 35.5 Å². The summed E-state index contributed by atoms with van der Waals surface area (Å²) in [5, 5.41) is 21.8. The lowest BCUT2D eigenvalue weighted by molar-refractivity contribution is 0.205. The van der Waals surface area contributed by atoms with Crippen molar-refractivity contribution in [1.82, 2.24) is 9.55 Å². The molecule has 4 aromatic rings. The van der Waals surface area contributed by atoms with Gasteiger partial charge in [0.25, 0.3) is 0 Å². The Labute approximate surface area is 186 Å². The molecule has 152 valence electrons. The second kappa shape index (κ2) is 8.07. The molecule has 0 saturated carbocycles. The number of phenolic OH excluding ortho intramolecular Hbond substituents is 1. The molecule has 2 aromatic heterocycles. The number of carboxylic acid groups (broad SMARTS) is 1. The van der Waals surface area contributed by atoms with Gasteiger partial charge < -0.3 is 14.8 Å². The summed E-state index contributed by atoms with van der Waals surface area (Å²) in [5.41, 5.74) is 1.80. The zero-order valence-electron chi connectivity index (χ0n) is 15.3. The second-order valence-electron chi connectivity index (χ2n) is 6.51. The third-order valence-corrected chi connectivity index (χ3v) is 5.41. The van der Waals surface area contributed by atoms with Gasteiger partial charge in [0.05, 0.1) is 26.9 Å². The van der Waals surface area contributed by atoms with Gasteiger partial charge in [-0.25, -0.2) is 9.69 Å². The average molecular weight is 463 g/mol. The number of aromatic nitrogens is 2. The number of hydrogen-bond donors (Lipinski definition) is 2. The number of carbonyl (C=O) groups is 1. The molecule has 2 N–H and O–H groups in total. The topological polar surface area (TPSA) is 78.6 Å². The quantitative estimate of drug-likeness (QED) is 0.360. The molecule has 0 bridgehead atoms. The molecule has 0 spiro atoms. The first-order valence-electron chi connectivity index (χ1n) is 8.74. The average Bonchev–Trinajstić information content (AvgIpc) is 3.05. The molecule has 0 saturated heterocycles. The number of nitrogens with zero attached hydrogens (tertiary/aromatic N) is 3. The normalized spacial score (nSPS) is 11.0. The van der Waals surface area contributed by atoms with Crippen LogP contribution in [0.25, 0.3) is 10.9 Å². The van der Waals surface area contributed by atoms with Crippen molar-refractivity contribution in [1.29, 1.82) is 0 Å². The van der Waals surface area contributed by atoms with Gasteiger partial charge in [-0.1, -0.05) is 59.1 Å². The number of para-hydroxylation sites is 1. The molecule has 0 radical (unpaired) electrons. The minimum atomic E-state index is -1.28. The van der Waals surface area contributed by atoms with Crippen LogP contribution in [0.5, 0.6) is 5.75 Å². The molecule has 9 heteroatoms. The molecule has 2 aromatic carbocycles.